The summed E-state index contributed by atoms with van der Waals surface area (Å²) in [6.45, 7) is 0.618. The quantitative estimate of drug-likeness (QED) is 0.535. The Labute approximate surface area is 205 Å². The van der Waals surface area contributed by atoms with Crippen molar-refractivity contribution in [3.63, 3.8) is 0 Å². The van der Waals surface area contributed by atoms with Gasteiger partial charge in [-0.15, -0.1) is 0 Å². The standard InChI is InChI=1S/C26H21F2N7O/c27-17-7-8-20(28)19(13-17)22-6-3-11-35(22)23-10-9-21-24(33-23)25(31-15-30-21)34-26(36)32-18-5-2-1-4-16(12-18)14-29/h1-2,4,7-10,12-13,15,22H,3,5-6,11H2,(H2,30,31,32,34,36)/t22-/m1/s1. The zero-order valence-electron chi connectivity index (χ0n) is 19.1. The number of nitrogens with one attached hydrogen (secondary N) is 2. The van der Waals surface area contributed by atoms with Crippen LogP contribution in [0.3, 0.4) is 0 Å². The molecular weight excluding hydrogens is 464 g/mol. The number of rotatable bonds is 4. The average molecular weight is 485 g/mol. The maximum Gasteiger partial charge on any atom is 0.324 e. The number of nitrogens with zero attached hydrogens (tertiary/aromatic N) is 5. The Hall–Kier alpha value is -4.65. The fraction of sp³-hybridized carbons (Fsp3) is 0.192. The number of halogens is 2. The summed E-state index contributed by atoms with van der Waals surface area (Å²) in [5, 5.41) is 14.6. The van der Waals surface area contributed by atoms with E-state index in [-0.39, 0.29) is 17.4 Å². The minimum Gasteiger partial charge on any atom is -0.349 e. The molecule has 5 rings (SSSR count). The van der Waals surface area contributed by atoms with E-state index >= 15 is 0 Å². The number of carbonyl (C=O) groups is 1. The van der Waals surface area contributed by atoms with Crippen LogP contribution in [0.25, 0.3) is 11.0 Å². The maximum absolute atomic E-state index is 14.5. The van der Waals surface area contributed by atoms with Crippen molar-refractivity contribution in [1.29, 1.82) is 5.26 Å². The van der Waals surface area contributed by atoms with Crippen LogP contribution in [-0.2, 0) is 0 Å². The van der Waals surface area contributed by atoms with Crippen LogP contribution in [0.1, 0.15) is 30.9 Å². The van der Waals surface area contributed by atoms with E-state index in [1.807, 2.05) is 11.0 Å². The van der Waals surface area contributed by atoms with Gasteiger partial charge in [-0.05, 0) is 55.3 Å². The smallest absolute Gasteiger partial charge is 0.324 e. The van der Waals surface area contributed by atoms with E-state index in [1.165, 1.54) is 12.4 Å². The Morgan fingerprint density at radius 2 is 2.06 bits per heavy atom. The molecule has 2 amide bonds. The van der Waals surface area contributed by atoms with Crippen LogP contribution in [0, 0.1) is 23.0 Å². The third-order valence-corrected chi connectivity index (χ3v) is 6.05. The van der Waals surface area contributed by atoms with Gasteiger partial charge in [0.25, 0.3) is 0 Å². The maximum atomic E-state index is 14.5. The molecule has 36 heavy (non-hydrogen) atoms. The number of anilines is 2. The van der Waals surface area contributed by atoms with Crippen LogP contribution in [0.15, 0.2) is 72.2 Å². The summed E-state index contributed by atoms with van der Waals surface area (Å²) in [7, 11) is 0. The van der Waals surface area contributed by atoms with Crippen LogP contribution < -0.4 is 15.5 Å². The number of hydrogen-bond acceptors (Lipinski definition) is 6. The van der Waals surface area contributed by atoms with E-state index in [4.69, 9.17) is 5.26 Å². The second kappa shape index (κ2) is 9.92. The molecule has 2 aliphatic rings. The molecule has 180 valence electrons. The lowest BCUT2D eigenvalue weighted by Crippen LogP contribution is -2.29. The van der Waals surface area contributed by atoms with Gasteiger partial charge in [0, 0.05) is 24.2 Å². The van der Waals surface area contributed by atoms with Crippen molar-refractivity contribution >= 4 is 28.7 Å². The molecule has 1 fully saturated rings. The van der Waals surface area contributed by atoms with Crippen molar-refractivity contribution in [2.75, 3.05) is 16.8 Å². The third-order valence-electron chi connectivity index (χ3n) is 6.05. The molecule has 0 bridgehead atoms. The summed E-state index contributed by atoms with van der Waals surface area (Å²) in [6, 6.07) is 8.14. The van der Waals surface area contributed by atoms with Gasteiger partial charge in [-0.3, -0.25) is 5.32 Å². The molecule has 0 unspecified atom stereocenters. The molecule has 1 aliphatic carbocycles. The predicted molar refractivity (Wildman–Crippen MR) is 131 cm³/mol. The van der Waals surface area contributed by atoms with E-state index in [0.717, 1.165) is 18.6 Å². The number of allylic oxidation sites excluding steroid dienone is 5. The number of fused-ring (bicyclic) bond motifs is 1. The largest absolute Gasteiger partial charge is 0.349 e. The zero-order chi connectivity index (χ0) is 25.1. The van der Waals surface area contributed by atoms with Crippen LogP contribution >= 0.6 is 0 Å². The highest BCUT2D eigenvalue weighted by Gasteiger charge is 2.30. The van der Waals surface area contributed by atoms with Gasteiger partial charge in [0.15, 0.2) is 5.82 Å². The Balaban J connectivity index is 1.42. The predicted octanol–water partition coefficient (Wildman–Crippen LogP) is 5.06. The monoisotopic (exact) mass is 485 g/mol. The van der Waals surface area contributed by atoms with Gasteiger partial charge in [0.1, 0.15) is 29.3 Å². The highest BCUT2D eigenvalue weighted by atomic mass is 19.1. The van der Waals surface area contributed by atoms with Gasteiger partial charge in [-0.2, -0.15) is 5.26 Å². The van der Waals surface area contributed by atoms with E-state index in [0.29, 0.717) is 47.5 Å². The fourth-order valence-corrected chi connectivity index (χ4v) is 4.42. The van der Waals surface area contributed by atoms with Gasteiger partial charge >= 0.3 is 6.03 Å². The molecular formula is C26H21F2N7O. The van der Waals surface area contributed by atoms with Gasteiger partial charge in [-0.1, -0.05) is 12.2 Å². The lowest BCUT2D eigenvalue weighted by atomic mass is 10.0. The number of hydrogen-bond donors (Lipinski definition) is 2. The zero-order valence-corrected chi connectivity index (χ0v) is 19.1. The van der Waals surface area contributed by atoms with Crippen molar-refractivity contribution in [2.45, 2.75) is 25.3 Å². The van der Waals surface area contributed by atoms with E-state index in [1.54, 1.807) is 30.4 Å². The van der Waals surface area contributed by atoms with Crippen molar-refractivity contribution in [1.82, 2.24) is 20.3 Å². The van der Waals surface area contributed by atoms with Crippen LogP contribution in [-0.4, -0.2) is 27.5 Å². The number of nitriles is 1. The first-order chi connectivity index (χ1) is 17.5. The molecule has 2 aromatic heterocycles. The SMILES string of the molecule is N#CC1=CC=CCC(NC(=O)Nc2ncnc3ccc(N4CCC[C@@H]4c4cc(F)ccc4F)nc23)=C1. The Morgan fingerprint density at radius 3 is 2.92 bits per heavy atom. The number of urea groups is 1. The number of pyridine rings is 1. The normalized spacial score (nSPS) is 17.2. The van der Waals surface area contributed by atoms with E-state index in [9.17, 15) is 13.6 Å². The molecule has 3 aromatic rings. The summed E-state index contributed by atoms with van der Waals surface area (Å²) < 4.78 is 28.4. The number of carbonyl (C=O) groups excluding carboxylic acids is 1. The lowest BCUT2D eigenvalue weighted by molar-refractivity contribution is 0.254. The van der Waals surface area contributed by atoms with Gasteiger partial charge < -0.3 is 10.2 Å². The van der Waals surface area contributed by atoms with E-state index in [2.05, 4.69) is 31.7 Å². The van der Waals surface area contributed by atoms with Crippen LogP contribution in [0.2, 0.25) is 0 Å². The van der Waals surface area contributed by atoms with E-state index < -0.39 is 17.7 Å². The van der Waals surface area contributed by atoms with Crippen LogP contribution in [0.4, 0.5) is 25.2 Å². The lowest BCUT2D eigenvalue weighted by Gasteiger charge is -2.26. The molecule has 8 nitrogen and oxygen atoms in total. The number of benzene rings is 1. The number of aromatic nitrogens is 3. The van der Waals surface area contributed by atoms with Gasteiger partial charge in [-0.25, -0.2) is 28.5 Å². The molecule has 1 saturated heterocycles. The van der Waals surface area contributed by atoms with Crippen LogP contribution in [0.5, 0.6) is 0 Å². The minimum atomic E-state index is -0.540. The summed E-state index contributed by atoms with van der Waals surface area (Å²) in [5.74, 6) is -0.207. The van der Waals surface area contributed by atoms with Gasteiger partial charge in [0.05, 0.1) is 23.2 Å². The summed E-state index contributed by atoms with van der Waals surface area (Å²) >= 11 is 0. The first kappa shape index (κ1) is 23.1. The third kappa shape index (κ3) is 4.77. The summed E-state index contributed by atoms with van der Waals surface area (Å²) in [5.41, 5.74) is 2.14. The highest BCUT2D eigenvalue weighted by molar-refractivity contribution is 5.97. The fourth-order valence-electron chi connectivity index (χ4n) is 4.42. The first-order valence-corrected chi connectivity index (χ1v) is 11.4. The molecule has 1 aromatic carbocycles. The second-order valence-corrected chi connectivity index (χ2v) is 8.39. The van der Waals surface area contributed by atoms with Crippen molar-refractivity contribution < 1.29 is 13.6 Å². The molecule has 1 aliphatic heterocycles. The molecule has 0 saturated carbocycles. The summed E-state index contributed by atoms with van der Waals surface area (Å²) in [6.07, 6.45) is 10.1. The molecule has 0 radical (unpaired) electrons. The van der Waals surface area contributed by atoms with Crippen molar-refractivity contribution in [3.8, 4) is 6.07 Å². The first-order valence-electron chi connectivity index (χ1n) is 11.4. The van der Waals surface area contributed by atoms with Crippen molar-refractivity contribution in [3.05, 3.63) is 89.4 Å². The Bertz CT molecular complexity index is 1470. The topological polar surface area (TPSA) is 107 Å². The minimum absolute atomic E-state index is 0.202. The molecule has 1 atom stereocenters. The van der Waals surface area contributed by atoms with Crippen molar-refractivity contribution in [2.24, 2.45) is 0 Å². The Morgan fingerprint density at radius 1 is 1.17 bits per heavy atom. The molecule has 10 heteroatoms. The highest BCUT2D eigenvalue weighted by Crippen LogP contribution is 2.37. The Kier molecular flexibility index (Phi) is 6.36. The number of amides is 2. The summed E-state index contributed by atoms with van der Waals surface area (Å²) in [4.78, 5) is 27.7. The molecule has 3 heterocycles. The average Bonchev–Trinajstić information content (AvgIpc) is 3.25. The molecule has 0 spiro atoms. The molecule has 2 N–H and O–H groups in total. The van der Waals surface area contributed by atoms with Gasteiger partial charge in [0.2, 0.25) is 0 Å². The second-order valence-electron chi connectivity index (χ2n) is 8.39.